The maximum atomic E-state index is 11.8. The van der Waals surface area contributed by atoms with Gasteiger partial charge in [-0.2, -0.15) is 0 Å². The summed E-state index contributed by atoms with van der Waals surface area (Å²) >= 11 is 0. The van der Waals surface area contributed by atoms with Crippen molar-refractivity contribution >= 4 is 17.9 Å². The van der Waals surface area contributed by atoms with Gasteiger partial charge in [0.15, 0.2) is 0 Å². The van der Waals surface area contributed by atoms with Crippen LogP contribution < -0.4 is 15.3 Å². The first-order chi connectivity index (χ1) is 30.9. The Morgan fingerprint density at radius 2 is 0.687 bits per heavy atom. The number of rotatable bonds is 6. The van der Waals surface area contributed by atoms with E-state index in [9.17, 15) is 29.7 Å². The van der Waals surface area contributed by atoms with E-state index in [2.05, 4.69) is 98.8 Å². The van der Waals surface area contributed by atoms with Gasteiger partial charge in [-0.15, -0.1) is 0 Å². The molecule has 7 heteroatoms. The minimum atomic E-state index is -0.838. The molecule has 6 nitrogen and oxygen atoms in total. The van der Waals surface area contributed by atoms with Crippen LogP contribution in [0, 0.1) is 85.8 Å². The maximum absolute atomic E-state index is 11.8. The Hall–Kier alpha value is -2.63. The zero-order chi connectivity index (χ0) is 48.4. The van der Waals surface area contributed by atoms with Gasteiger partial charge < -0.3 is 29.7 Å². The molecule has 0 amide bonds. The van der Waals surface area contributed by atoms with E-state index < -0.39 is 34.2 Å². The first-order valence-electron chi connectivity index (χ1n) is 26.7. The standard InChI is InChI=1S/3C20H30O2.Fe/c3*1-13(2)14-6-8-16-15(12-14)7-9-17-19(16,3)10-5-11-20(17,4)18(21)22;/h3*7,12-13,16-17H,5-6,8-11H2,1-4H3,(H,21,22);/q;;;+3/p-3/t3*16-,17+,19+,20+;/m000./s1. The third-order valence-electron chi connectivity index (χ3n) is 21.1. The summed E-state index contributed by atoms with van der Waals surface area (Å²) < 4.78 is 0. The van der Waals surface area contributed by atoms with Crippen LogP contribution in [0.3, 0.4) is 0 Å². The Bertz CT molecular complexity index is 1870. The summed E-state index contributed by atoms with van der Waals surface area (Å²) in [5, 5.41) is 35.5. The van der Waals surface area contributed by atoms with Crippen molar-refractivity contribution in [2.45, 2.75) is 199 Å². The molecule has 3 saturated carbocycles. The van der Waals surface area contributed by atoms with Gasteiger partial charge in [0.2, 0.25) is 0 Å². The molecule has 67 heavy (non-hydrogen) atoms. The van der Waals surface area contributed by atoms with Crippen molar-refractivity contribution in [2.75, 3.05) is 0 Å². The van der Waals surface area contributed by atoms with Crippen molar-refractivity contribution in [1.82, 2.24) is 0 Å². The summed E-state index contributed by atoms with van der Waals surface area (Å²) in [5.41, 5.74) is 7.52. The van der Waals surface area contributed by atoms with Gasteiger partial charge in [-0.05, 0) is 183 Å². The molecule has 3 fully saturated rings. The van der Waals surface area contributed by atoms with Gasteiger partial charge in [-0.3, -0.25) is 0 Å². The molecule has 0 aromatic heterocycles. The Morgan fingerprint density at radius 3 is 0.896 bits per heavy atom. The van der Waals surface area contributed by atoms with E-state index in [1.807, 2.05) is 20.8 Å². The molecule has 9 aliphatic rings. The predicted octanol–water partition coefficient (Wildman–Crippen LogP) is 11.6. The average Bonchev–Trinajstić information content (AvgIpc) is 3.26. The number of fused-ring (bicyclic) bond motifs is 9. The normalized spacial score (nSPS) is 40.7. The van der Waals surface area contributed by atoms with Crippen molar-refractivity contribution in [3.05, 3.63) is 69.9 Å². The third kappa shape index (κ3) is 9.40. The number of carboxylic acid groups (broad SMARTS) is 3. The summed E-state index contributed by atoms with van der Waals surface area (Å²) in [6, 6.07) is 0. The van der Waals surface area contributed by atoms with Gasteiger partial charge in [-0.1, -0.05) is 156 Å². The minimum absolute atomic E-state index is 0. The molecule has 0 aromatic rings. The van der Waals surface area contributed by atoms with E-state index >= 15 is 0 Å². The van der Waals surface area contributed by atoms with Crippen LogP contribution in [-0.4, -0.2) is 17.9 Å². The summed E-state index contributed by atoms with van der Waals surface area (Å²) in [6.07, 6.45) is 32.9. The van der Waals surface area contributed by atoms with Crippen LogP contribution in [0.5, 0.6) is 0 Å². The second-order valence-electron chi connectivity index (χ2n) is 25.6. The quantitative estimate of drug-likeness (QED) is 0.245. The Morgan fingerprint density at radius 1 is 0.448 bits per heavy atom. The Balaban J connectivity index is 0.000000165. The van der Waals surface area contributed by atoms with Crippen molar-refractivity contribution in [3.8, 4) is 0 Å². The van der Waals surface area contributed by atoms with Gasteiger partial charge in [0.25, 0.3) is 0 Å². The van der Waals surface area contributed by atoms with E-state index in [-0.39, 0.29) is 51.1 Å². The molecule has 12 atom stereocenters. The SMILES string of the molecule is CC(C)C1=CC2=CC[C@@H]3[C@](C)(CCC[C@@]3(C)C(=O)[O-])[C@H]2CC1.CC(C)C1=CC2=CC[C@@H]3[C@](C)(CCC[C@@]3(C)C(=O)[O-])[C@H]2CC1.CC(C)C1=CC2=CC[C@@H]3[C@](C)(CCC[C@@]3(C)C(=O)[O-])[C@H]2CC1.[Fe+3]. The van der Waals surface area contributed by atoms with Crippen LogP contribution in [0.4, 0.5) is 0 Å². The second-order valence-corrected chi connectivity index (χ2v) is 25.6. The van der Waals surface area contributed by atoms with Crippen LogP contribution >= 0.6 is 0 Å². The molecule has 0 heterocycles. The smallest absolute Gasteiger partial charge is 0.550 e. The number of carboxylic acids is 3. The number of allylic oxidation sites excluding steroid dienone is 12. The summed E-state index contributed by atoms with van der Waals surface area (Å²) in [6.45, 7) is 26.5. The van der Waals surface area contributed by atoms with Crippen LogP contribution in [0.15, 0.2) is 69.9 Å². The molecule has 0 aliphatic heterocycles. The van der Waals surface area contributed by atoms with E-state index in [0.29, 0.717) is 35.5 Å². The summed E-state index contributed by atoms with van der Waals surface area (Å²) in [7, 11) is 0. The maximum Gasteiger partial charge on any atom is 3.00 e. The summed E-state index contributed by atoms with van der Waals surface area (Å²) in [4.78, 5) is 35.5. The van der Waals surface area contributed by atoms with Gasteiger partial charge in [-0.25, -0.2) is 0 Å². The molecule has 371 valence electrons. The van der Waals surface area contributed by atoms with Crippen molar-refractivity contribution in [1.29, 1.82) is 0 Å². The molecular formula is C60H87FeO6. The van der Waals surface area contributed by atoms with Crippen molar-refractivity contribution < 1.29 is 46.8 Å². The first kappa shape index (κ1) is 53.7. The van der Waals surface area contributed by atoms with Crippen LogP contribution in [0.2, 0.25) is 0 Å². The minimum Gasteiger partial charge on any atom is -0.550 e. The Labute approximate surface area is 417 Å². The van der Waals surface area contributed by atoms with E-state index in [4.69, 9.17) is 0 Å². The zero-order valence-corrected chi connectivity index (χ0v) is 44.8. The van der Waals surface area contributed by atoms with Crippen molar-refractivity contribution in [3.63, 3.8) is 0 Å². The Kier molecular flexibility index (Phi) is 15.9. The number of carbonyl (C=O) groups is 3. The largest absolute Gasteiger partial charge is 3.00 e. The van der Waals surface area contributed by atoms with Crippen LogP contribution in [0.25, 0.3) is 0 Å². The third-order valence-corrected chi connectivity index (χ3v) is 21.1. The topological polar surface area (TPSA) is 120 Å². The molecule has 0 aromatic carbocycles. The fourth-order valence-electron chi connectivity index (χ4n) is 16.8. The number of hydrogen-bond donors (Lipinski definition) is 0. The molecular weight excluding hydrogens is 872 g/mol. The fraction of sp³-hybridized carbons (Fsp3) is 0.750. The number of carbonyl (C=O) groups excluding carboxylic acids is 3. The van der Waals surface area contributed by atoms with Gasteiger partial charge in [0, 0.05) is 34.2 Å². The molecule has 1 radical (unpaired) electrons. The predicted molar refractivity (Wildman–Crippen MR) is 261 cm³/mol. The molecule has 9 aliphatic carbocycles. The fourth-order valence-corrected chi connectivity index (χ4v) is 16.8. The number of aliphatic carboxylic acids is 3. The second kappa shape index (κ2) is 19.9. The van der Waals surface area contributed by atoms with Gasteiger partial charge >= 0.3 is 17.1 Å². The van der Waals surface area contributed by atoms with Crippen molar-refractivity contribution in [2.24, 2.45) is 85.8 Å². The van der Waals surface area contributed by atoms with Gasteiger partial charge in [0.1, 0.15) is 0 Å². The molecule has 0 N–H and O–H groups in total. The van der Waals surface area contributed by atoms with E-state index in [0.717, 1.165) is 77.0 Å². The molecule has 0 saturated heterocycles. The molecule has 0 unspecified atom stereocenters. The zero-order valence-electron chi connectivity index (χ0n) is 43.7. The number of hydrogen-bond acceptors (Lipinski definition) is 6. The first-order valence-corrected chi connectivity index (χ1v) is 26.7. The molecule has 0 bridgehead atoms. The summed E-state index contributed by atoms with van der Waals surface area (Å²) in [5.74, 6) is 1.61. The molecule has 0 spiro atoms. The molecule has 9 rings (SSSR count). The monoisotopic (exact) mass is 960 g/mol. The van der Waals surface area contributed by atoms with Crippen LogP contribution in [-0.2, 0) is 31.5 Å². The van der Waals surface area contributed by atoms with Gasteiger partial charge in [0.05, 0.1) is 0 Å². The average molecular weight is 960 g/mol. The van der Waals surface area contributed by atoms with Crippen LogP contribution in [0.1, 0.15) is 199 Å². The van der Waals surface area contributed by atoms with E-state index in [1.54, 1.807) is 16.7 Å². The van der Waals surface area contributed by atoms with E-state index in [1.165, 1.54) is 55.2 Å².